The van der Waals surface area contributed by atoms with E-state index < -0.39 is 58.2 Å². The second-order valence-corrected chi connectivity index (χ2v) is 11.7. The van der Waals surface area contributed by atoms with Crippen molar-refractivity contribution in [1.82, 2.24) is 0 Å². The number of hydrogen-bond acceptors (Lipinski definition) is 7. The maximum Gasteiger partial charge on any atom is 0.573 e. The normalized spacial score (nSPS) is 23.6. The number of halogens is 3. The van der Waals surface area contributed by atoms with Crippen molar-refractivity contribution in [3.8, 4) is 5.75 Å². The van der Waals surface area contributed by atoms with Crippen molar-refractivity contribution >= 4 is 17.3 Å². The number of ether oxygens (including phenoxy) is 1. The van der Waals surface area contributed by atoms with Crippen molar-refractivity contribution < 1.29 is 47.6 Å². The quantitative estimate of drug-likeness (QED) is 0.338. The summed E-state index contributed by atoms with van der Waals surface area (Å²) in [4.78, 5) is 39.4. The molecule has 2 aromatic carbocycles. The van der Waals surface area contributed by atoms with E-state index in [0.717, 1.165) is 34.7 Å². The molecule has 228 valence electrons. The minimum atomic E-state index is -4.76. The van der Waals surface area contributed by atoms with Gasteiger partial charge in [-0.3, -0.25) is 14.4 Å². The zero-order valence-electron chi connectivity index (χ0n) is 24.1. The maximum atomic E-state index is 14.1. The first-order valence-corrected chi connectivity index (χ1v) is 14.3. The summed E-state index contributed by atoms with van der Waals surface area (Å²) in [6.07, 6.45) is -1.84. The van der Waals surface area contributed by atoms with E-state index in [1.54, 1.807) is 12.1 Å². The van der Waals surface area contributed by atoms with E-state index in [4.69, 9.17) is 0 Å². The Morgan fingerprint density at radius 2 is 1.74 bits per heavy atom. The molecule has 0 aromatic heterocycles. The fourth-order valence-electron chi connectivity index (χ4n) is 7.04. The summed E-state index contributed by atoms with van der Waals surface area (Å²) in [5.41, 5.74) is 1.74. The van der Waals surface area contributed by atoms with Crippen LogP contribution in [0.3, 0.4) is 0 Å². The van der Waals surface area contributed by atoms with Crippen LogP contribution in [0.15, 0.2) is 53.0 Å². The Kier molecular flexibility index (Phi) is 7.79. The third-order valence-electron chi connectivity index (χ3n) is 9.10. The molecule has 0 saturated heterocycles. The Morgan fingerprint density at radius 3 is 2.35 bits per heavy atom. The van der Waals surface area contributed by atoms with Crippen LogP contribution < -0.4 is 4.74 Å². The Labute approximate surface area is 246 Å². The summed E-state index contributed by atoms with van der Waals surface area (Å²) in [6, 6.07) is 7.78. The Morgan fingerprint density at radius 1 is 1.07 bits per heavy atom. The highest BCUT2D eigenvalue weighted by molar-refractivity contribution is 6.25. The number of rotatable bonds is 7. The van der Waals surface area contributed by atoms with Gasteiger partial charge in [-0.2, -0.15) is 0 Å². The highest BCUT2D eigenvalue weighted by atomic mass is 19.4. The second-order valence-electron chi connectivity index (χ2n) is 11.7. The number of aliphatic hydroxyl groups is 3. The summed E-state index contributed by atoms with van der Waals surface area (Å²) in [5, 5.41) is 33.3. The fourth-order valence-corrected chi connectivity index (χ4v) is 7.04. The molecule has 3 atom stereocenters. The molecule has 0 radical (unpaired) electrons. The molecule has 0 unspecified atom stereocenters. The number of carbonyl (C=O) groups excluding carboxylic acids is 3. The summed E-state index contributed by atoms with van der Waals surface area (Å²) >= 11 is 0. The molecule has 0 amide bonds. The van der Waals surface area contributed by atoms with Crippen LogP contribution in [-0.2, 0) is 35.3 Å². The SMILES string of the molecule is CCc1cc(CCCc2ccc(OC(F)(F)F)cc2)c(C)c2c1C[C@H]1C[C@H]3CC(O)=C(C(C)=O)C(=O)[C@@]3(O)C(O)=C1C2=O. The number of hydrogen-bond donors (Lipinski definition) is 3. The summed E-state index contributed by atoms with van der Waals surface area (Å²) in [5.74, 6) is -5.06. The average molecular weight is 599 g/mol. The molecule has 0 saturated carbocycles. The molecule has 0 heterocycles. The van der Waals surface area contributed by atoms with Crippen molar-refractivity contribution in [2.24, 2.45) is 11.8 Å². The first kappa shape index (κ1) is 30.5. The second kappa shape index (κ2) is 11.0. The summed E-state index contributed by atoms with van der Waals surface area (Å²) in [7, 11) is 0. The molecule has 7 nitrogen and oxygen atoms in total. The minimum absolute atomic E-state index is 0.0210. The number of ketones is 3. The number of fused-ring (bicyclic) bond motifs is 3. The van der Waals surface area contributed by atoms with Gasteiger partial charge in [0.05, 0.1) is 0 Å². The smallest absolute Gasteiger partial charge is 0.511 e. The molecule has 5 rings (SSSR count). The van der Waals surface area contributed by atoms with Crippen molar-refractivity contribution in [2.75, 3.05) is 0 Å². The van der Waals surface area contributed by atoms with Crippen LogP contribution in [0.4, 0.5) is 13.2 Å². The van der Waals surface area contributed by atoms with Gasteiger partial charge in [0.15, 0.2) is 17.2 Å². The van der Waals surface area contributed by atoms with Gasteiger partial charge in [-0.15, -0.1) is 13.2 Å². The van der Waals surface area contributed by atoms with Gasteiger partial charge in [-0.1, -0.05) is 25.1 Å². The molecule has 0 spiro atoms. The number of aryl methyl sites for hydroxylation is 3. The van der Waals surface area contributed by atoms with Crippen LogP contribution in [-0.4, -0.2) is 44.6 Å². The first-order chi connectivity index (χ1) is 20.2. The Bertz CT molecular complexity index is 1580. The molecule has 3 aliphatic rings. The van der Waals surface area contributed by atoms with Crippen LogP contribution in [0.25, 0.3) is 0 Å². The molecule has 0 bridgehead atoms. The van der Waals surface area contributed by atoms with Gasteiger partial charge in [0.2, 0.25) is 5.78 Å². The first-order valence-electron chi connectivity index (χ1n) is 14.3. The lowest BCUT2D eigenvalue weighted by Gasteiger charge is -2.46. The van der Waals surface area contributed by atoms with E-state index in [1.807, 2.05) is 13.8 Å². The Balaban J connectivity index is 1.44. The van der Waals surface area contributed by atoms with Crippen molar-refractivity contribution in [3.63, 3.8) is 0 Å². The number of carbonyl (C=O) groups is 3. The molecule has 0 aliphatic heterocycles. The zero-order chi connectivity index (χ0) is 31.4. The van der Waals surface area contributed by atoms with Gasteiger partial charge >= 0.3 is 6.36 Å². The Hall–Kier alpha value is -3.92. The van der Waals surface area contributed by atoms with E-state index in [-0.39, 0.29) is 24.2 Å². The topological polar surface area (TPSA) is 121 Å². The predicted molar refractivity (Wildman–Crippen MR) is 150 cm³/mol. The highest BCUT2D eigenvalue weighted by Gasteiger charge is 2.59. The zero-order valence-corrected chi connectivity index (χ0v) is 24.1. The van der Waals surface area contributed by atoms with E-state index in [1.165, 1.54) is 12.1 Å². The van der Waals surface area contributed by atoms with Crippen molar-refractivity contribution in [2.45, 2.75) is 77.7 Å². The largest absolute Gasteiger partial charge is 0.573 e. The lowest BCUT2D eigenvalue weighted by Crippen LogP contribution is -2.56. The van der Waals surface area contributed by atoms with Gasteiger partial charge in [-0.25, -0.2) is 0 Å². The van der Waals surface area contributed by atoms with Crippen LogP contribution >= 0.6 is 0 Å². The van der Waals surface area contributed by atoms with Crippen LogP contribution in [0.2, 0.25) is 0 Å². The molecule has 0 fully saturated rings. The summed E-state index contributed by atoms with van der Waals surface area (Å²) in [6.45, 7) is 4.91. The number of aliphatic hydroxyl groups excluding tert-OH is 2. The lowest BCUT2D eigenvalue weighted by molar-refractivity contribution is -0.274. The minimum Gasteiger partial charge on any atom is -0.511 e. The van der Waals surface area contributed by atoms with E-state index >= 15 is 0 Å². The van der Waals surface area contributed by atoms with Crippen LogP contribution in [0.5, 0.6) is 5.75 Å². The summed E-state index contributed by atoms with van der Waals surface area (Å²) < 4.78 is 41.3. The molecule has 43 heavy (non-hydrogen) atoms. The molecular weight excluding hydrogens is 565 g/mol. The standard InChI is InChI=1S/C33H33F3O7/c1-4-19-12-20(7-5-6-18-8-10-23(11-9-18)43-33(34,35)36)16(2)26-24(19)14-21-13-22-15-25(38)27(17(3)37)30(40)32(22,42)31(41)28(21)29(26)39/h8-12,21-22,38,41-42H,4-7,13-15H2,1-3H3/t21-,22+,32-/m1/s1. The molecule has 2 aromatic rings. The number of Topliss-reactive ketones (excluding diaryl/α,β-unsaturated/α-hetero) is 3. The van der Waals surface area contributed by atoms with Gasteiger partial charge in [0.1, 0.15) is 22.8 Å². The van der Waals surface area contributed by atoms with Gasteiger partial charge < -0.3 is 20.1 Å². The van der Waals surface area contributed by atoms with Crippen LogP contribution in [0.1, 0.15) is 71.3 Å². The number of benzene rings is 2. The van der Waals surface area contributed by atoms with Crippen molar-refractivity contribution in [1.29, 1.82) is 0 Å². The highest BCUT2D eigenvalue weighted by Crippen LogP contribution is 2.51. The van der Waals surface area contributed by atoms with Gasteiger partial charge in [-0.05, 0) is 98.2 Å². The monoisotopic (exact) mass is 598 g/mol. The lowest BCUT2D eigenvalue weighted by atomic mass is 9.59. The van der Waals surface area contributed by atoms with Crippen LogP contribution in [0, 0.1) is 18.8 Å². The molecule has 3 N–H and O–H groups in total. The van der Waals surface area contributed by atoms with Crippen molar-refractivity contribution in [3.05, 3.63) is 86.4 Å². The molecule has 10 heteroatoms. The molecular formula is C33H33F3O7. The average Bonchev–Trinajstić information content (AvgIpc) is 2.91. The van der Waals surface area contributed by atoms with E-state index in [2.05, 4.69) is 10.8 Å². The number of allylic oxidation sites excluding steroid dienone is 2. The fraction of sp³-hybridized carbons (Fsp3) is 0.424. The number of alkyl halides is 3. The maximum absolute atomic E-state index is 14.1. The predicted octanol–water partition coefficient (Wildman–Crippen LogP) is 5.92. The van der Waals surface area contributed by atoms with Gasteiger partial charge in [0.25, 0.3) is 0 Å². The molecule has 3 aliphatic carbocycles. The van der Waals surface area contributed by atoms with E-state index in [9.17, 15) is 42.9 Å². The third kappa shape index (κ3) is 5.26. The third-order valence-corrected chi connectivity index (χ3v) is 9.10. The van der Waals surface area contributed by atoms with Gasteiger partial charge in [0, 0.05) is 23.5 Å². The van der Waals surface area contributed by atoms with E-state index in [0.29, 0.717) is 37.7 Å².